The molecule has 3 aromatic rings. The Bertz CT molecular complexity index is 1310. The van der Waals surface area contributed by atoms with Crippen LogP contribution in [0.4, 0.5) is 4.79 Å². The van der Waals surface area contributed by atoms with E-state index in [1.54, 1.807) is 17.2 Å². The molecule has 2 aromatic heterocycles. The van der Waals surface area contributed by atoms with Crippen LogP contribution in [-0.2, 0) is 16.7 Å². The van der Waals surface area contributed by atoms with E-state index in [-0.39, 0.29) is 34.7 Å². The number of Topliss-reactive ketones (excluding diaryl/α,β-unsaturated/α-hetero) is 1. The highest BCUT2D eigenvalue weighted by molar-refractivity contribution is 6.28. The van der Waals surface area contributed by atoms with Gasteiger partial charge >= 0.3 is 6.09 Å². The van der Waals surface area contributed by atoms with Crippen molar-refractivity contribution >= 4 is 23.5 Å². The van der Waals surface area contributed by atoms with Crippen LogP contribution in [0.15, 0.2) is 34.9 Å². The van der Waals surface area contributed by atoms with Gasteiger partial charge in [0.15, 0.2) is 0 Å². The molecule has 10 heteroatoms. The molecule has 0 bridgehead atoms. The number of carbonyl (C=O) groups excluding carboxylic acids is 2. The number of ketones is 1. The number of hydrogen-bond acceptors (Lipinski definition) is 8. The monoisotopic (exact) mass is 525 g/mol. The Labute approximate surface area is 221 Å². The molecule has 0 spiro atoms. The van der Waals surface area contributed by atoms with Gasteiger partial charge in [0, 0.05) is 36.7 Å². The second kappa shape index (κ2) is 10.2. The number of halogens is 1. The van der Waals surface area contributed by atoms with Crippen molar-refractivity contribution in [3.05, 3.63) is 58.7 Å². The fraction of sp³-hybridized carbons (Fsp3) is 0.481. The Balaban J connectivity index is 1.66. The molecule has 1 amide bonds. The highest BCUT2D eigenvalue weighted by Crippen LogP contribution is 2.35. The first-order chi connectivity index (χ1) is 17.3. The molecule has 0 N–H and O–H groups in total. The molecule has 1 aliphatic heterocycles. The summed E-state index contributed by atoms with van der Waals surface area (Å²) >= 11 is 6.01. The van der Waals surface area contributed by atoms with Crippen LogP contribution in [0, 0.1) is 0 Å². The molecule has 196 valence electrons. The van der Waals surface area contributed by atoms with Crippen LogP contribution in [-0.4, -0.2) is 49.1 Å². The first-order valence-electron chi connectivity index (χ1n) is 12.3. The summed E-state index contributed by atoms with van der Waals surface area (Å²) < 4.78 is 11.3. The summed E-state index contributed by atoms with van der Waals surface area (Å²) in [6.45, 7) is 12.1. The summed E-state index contributed by atoms with van der Waals surface area (Å²) in [6, 6.07) is 7.70. The van der Waals surface area contributed by atoms with Gasteiger partial charge in [0.2, 0.25) is 17.0 Å². The standard InChI is InChI=1S/C27H32ClN5O4/c1-26(2,3)23-32-31-22(36-23)21(34)14-16-10-12-33(25(35)37-27(4,5)6)15-18-13-17(7-8-19(16)18)20-9-11-29-24(28)30-20/h7-9,11,13,16H,10,12,14-15H2,1-6H3/t16-/m0/s1. The highest BCUT2D eigenvalue weighted by Gasteiger charge is 2.31. The topological polar surface area (TPSA) is 111 Å². The van der Waals surface area contributed by atoms with E-state index in [9.17, 15) is 9.59 Å². The van der Waals surface area contributed by atoms with Gasteiger partial charge in [-0.3, -0.25) is 4.79 Å². The van der Waals surface area contributed by atoms with Crippen molar-refractivity contribution in [1.29, 1.82) is 0 Å². The lowest BCUT2D eigenvalue weighted by Gasteiger charge is -2.26. The van der Waals surface area contributed by atoms with Crippen molar-refractivity contribution < 1.29 is 18.7 Å². The van der Waals surface area contributed by atoms with Gasteiger partial charge in [0.05, 0.1) is 5.69 Å². The number of carbonyl (C=O) groups is 2. The van der Waals surface area contributed by atoms with Crippen LogP contribution in [0.1, 0.15) is 88.0 Å². The van der Waals surface area contributed by atoms with E-state index < -0.39 is 11.7 Å². The highest BCUT2D eigenvalue weighted by atomic mass is 35.5. The number of benzene rings is 1. The van der Waals surface area contributed by atoms with E-state index in [0.29, 0.717) is 31.1 Å². The predicted octanol–water partition coefficient (Wildman–Crippen LogP) is 5.97. The lowest BCUT2D eigenvalue weighted by Crippen LogP contribution is -2.36. The Morgan fingerprint density at radius 3 is 2.54 bits per heavy atom. The average Bonchev–Trinajstić information content (AvgIpc) is 3.24. The summed E-state index contributed by atoms with van der Waals surface area (Å²) in [5.74, 6) is 0.0487. The molecule has 4 rings (SSSR count). The number of nitrogens with zero attached hydrogens (tertiary/aromatic N) is 5. The molecule has 0 unspecified atom stereocenters. The number of aromatic nitrogens is 4. The van der Waals surface area contributed by atoms with Gasteiger partial charge in [-0.1, -0.05) is 32.9 Å². The number of amides is 1. The first-order valence-corrected chi connectivity index (χ1v) is 12.6. The van der Waals surface area contributed by atoms with Gasteiger partial charge in [-0.2, -0.15) is 0 Å². The molecule has 0 radical (unpaired) electrons. The van der Waals surface area contributed by atoms with Gasteiger partial charge in [0.25, 0.3) is 5.89 Å². The van der Waals surface area contributed by atoms with Crippen molar-refractivity contribution in [3.63, 3.8) is 0 Å². The van der Waals surface area contributed by atoms with Gasteiger partial charge in [-0.25, -0.2) is 14.8 Å². The summed E-state index contributed by atoms with van der Waals surface area (Å²) in [6.07, 6.45) is 1.96. The largest absolute Gasteiger partial charge is 0.444 e. The zero-order valence-corrected chi connectivity index (χ0v) is 22.8. The van der Waals surface area contributed by atoms with E-state index in [2.05, 4.69) is 20.2 Å². The minimum atomic E-state index is -0.621. The molecule has 1 atom stereocenters. The zero-order chi connectivity index (χ0) is 27.0. The smallest absolute Gasteiger partial charge is 0.410 e. The molecular formula is C27H32ClN5O4. The summed E-state index contributed by atoms with van der Waals surface area (Å²) in [5.41, 5.74) is 2.43. The molecule has 0 saturated heterocycles. The number of rotatable bonds is 4. The molecule has 0 aliphatic carbocycles. The first kappa shape index (κ1) is 26.7. The molecular weight excluding hydrogens is 494 g/mol. The van der Waals surface area contributed by atoms with Crippen molar-refractivity contribution in [2.24, 2.45) is 0 Å². The lowest BCUT2D eigenvalue weighted by molar-refractivity contribution is 0.0234. The summed E-state index contributed by atoms with van der Waals surface area (Å²) in [5, 5.41) is 8.21. The predicted molar refractivity (Wildman–Crippen MR) is 138 cm³/mol. The number of fused-ring (bicyclic) bond motifs is 1. The third kappa shape index (κ3) is 6.52. The van der Waals surface area contributed by atoms with Crippen LogP contribution in [0.2, 0.25) is 5.28 Å². The van der Waals surface area contributed by atoms with E-state index in [1.165, 1.54) is 0 Å². The maximum absolute atomic E-state index is 13.2. The third-order valence-electron chi connectivity index (χ3n) is 6.00. The van der Waals surface area contributed by atoms with E-state index in [4.69, 9.17) is 20.8 Å². The molecule has 0 fully saturated rings. The summed E-state index contributed by atoms with van der Waals surface area (Å²) in [7, 11) is 0. The Hall–Kier alpha value is -3.33. The van der Waals surface area contributed by atoms with E-state index >= 15 is 0 Å². The van der Waals surface area contributed by atoms with Crippen LogP contribution in [0.3, 0.4) is 0 Å². The fourth-order valence-corrected chi connectivity index (χ4v) is 4.34. The number of ether oxygens (including phenoxy) is 1. The number of hydrogen-bond donors (Lipinski definition) is 0. The van der Waals surface area contributed by atoms with E-state index in [0.717, 1.165) is 16.7 Å². The Kier molecular flexibility index (Phi) is 7.37. The lowest BCUT2D eigenvalue weighted by atomic mass is 9.87. The molecule has 1 aliphatic rings. The van der Waals surface area contributed by atoms with Gasteiger partial charge < -0.3 is 14.1 Å². The van der Waals surface area contributed by atoms with Crippen molar-refractivity contribution in [1.82, 2.24) is 25.1 Å². The fourth-order valence-electron chi connectivity index (χ4n) is 4.19. The zero-order valence-electron chi connectivity index (χ0n) is 22.0. The normalized spacial score (nSPS) is 16.2. The van der Waals surface area contributed by atoms with Crippen molar-refractivity contribution in [3.8, 4) is 11.3 Å². The van der Waals surface area contributed by atoms with Gasteiger partial charge in [0.1, 0.15) is 5.60 Å². The SMILES string of the molecule is CC(C)(C)OC(=O)N1CC[C@@H](CC(=O)c2nnc(C(C)(C)C)o2)c2ccc(-c3ccnc(Cl)n3)cc2C1. The maximum Gasteiger partial charge on any atom is 0.410 e. The van der Waals surface area contributed by atoms with E-state index in [1.807, 2.05) is 59.7 Å². The molecule has 37 heavy (non-hydrogen) atoms. The second-order valence-corrected chi connectivity index (χ2v) is 11.6. The van der Waals surface area contributed by atoms with Crippen LogP contribution in [0.25, 0.3) is 11.3 Å². The Morgan fingerprint density at radius 2 is 1.89 bits per heavy atom. The van der Waals surface area contributed by atoms with Crippen LogP contribution < -0.4 is 0 Å². The average molecular weight is 526 g/mol. The molecule has 0 saturated carbocycles. The van der Waals surface area contributed by atoms with Crippen molar-refractivity contribution in [2.75, 3.05) is 6.54 Å². The molecule has 9 nitrogen and oxygen atoms in total. The minimum absolute atomic E-state index is 0.00645. The molecule has 1 aromatic carbocycles. The second-order valence-electron chi connectivity index (χ2n) is 11.3. The maximum atomic E-state index is 13.2. The van der Waals surface area contributed by atoms with Crippen LogP contribution in [0.5, 0.6) is 0 Å². The summed E-state index contributed by atoms with van der Waals surface area (Å²) in [4.78, 5) is 36.1. The van der Waals surface area contributed by atoms with Gasteiger partial charge in [-0.05, 0) is 68.0 Å². The van der Waals surface area contributed by atoms with Gasteiger partial charge in [-0.15, -0.1) is 10.2 Å². The van der Waals surface area contributed by atoms with Crippen LogP contribution >= 0.6 is 11.6 Å². The quantitative estimate of drug-likeness (QED) is 0.302. The minimum Gasteiger partial charge on any atom is -0.444 e. The third-order valence-corrected chi connectivity index (χ3v) is 6.18. The van der Waals surface area contributed by atoms with Crippen molar-refractivity contribution in [2.45, 2.75) is 77.9 Å². The molecule has 3 heterocycles. The Morgan fingerprint density at radius 1 is 1.14 bits per heavy atom.